The van der Waals surface area contributed by atoms with Crippen molar-refractivity contribution in [2.24, 2.45) is 0 Å². The van der Waals surface area contributed by atoms with E-state index in [0.717, 1.165) is 10.4 Å². The number of carboxylic acid groups (broad SMARTS) is 1. The maximum Gasteiger partial charge on any atom is 0.308 e. The monoisotopic (exact) mass is 181 g/mol. The third-order valence-corrected chi connectivity index (χ3v) is 2.66. The molecule has 0 amide bonds. The molecule has 1 aromatic heterocycles. The van der Waals surface area contributed by atoms with E-state index in [1.54, 1.807) is 12.3 Å². The number of hydrogen-bond donors (Lipinski definition) is 1. The van der Waals surface area contributed by atoms with Gasteiger partial charge in [-0.2, -0.15) is 5.26 Å². The molecule has 0 unspecified atom stereocenters. The number of thiophene rings is 1. The largest absolute Gasteiger partial charge is 0.481 e. The molecule has 0 saturated heterocycles. The summed E-state index contributed by atoms with van der Waals surface area (Å²) in [7, 11) is 0. The number of aliphatic carboxylic acids is 1. The van der Waals surface area contributed by atoms with E-state index >= 15 is 0 Å². The third kappa shape index (κ3) is 1.63. The maximum absolute atomic E-state index is 10.3. The molecule has 0 aliphatic rings. The fourth-order valence-corrected chi connectivity index (χ4v) is 1.86. The highest BCUT2D eigenvalue weighted by Crippen LogP contribution is 2.21. The maximum atomic E-state index is 10.3. The van der Waals surface area contributed by atoms with Crippen molar-refractivity contribution in [3.63, 3.8) is 0 Å². The van der Waals surface area contributed by atoms with Gasteiger partial charge in [0, 0.05) is 10.3 Å². The second kappa shape index (κ2) is 3.37. The normalized spacial score (nSPS) is 9.33. The topological polar surface area (TPSA) is 61.1 Å². The molecule has 1 N–H and O–H groups in total. The van der Waals surface area contributed by atoms with Crippen molar-refractivity contribution in [1.29, 1.82) is 5.26 Å². The minimum absolute atomic E-state index is 0.0121. The molecule has 0 aliphatic carbocycles. The van der Waals surface area contributed by atoms with Crippen LogP contribution >= 0.6 is 11.3 Å². The van der Waals surface area contributed by atoms with Gasteiger partial charge in [-0.3, -0.25) is 4.79 Å². The molecule has 1 aromatic rings. The Hall–Kier alpha value is -1.34. The van der Waals surface area contributed by atoms with E-state index in [-0.39, 0.29) is 6.42 Å². The first-order valence-electron chi connectivity index (χ1n) is 3.34. The van der Waals surface area contributed by atoms with Crippen molar-refractivity contribution in [3.8, 4) is 6.07 Å². The summed E-state index contributed by atoms with van der Waals surface area (Å²) in [6.45, 7) is 1.77. The van der Waals surface area contributed by atoms with Gasteiger partial charge in [-0.05, 0) is 12.5 Å². The van der Waals surface area contributed by atoms with Gasteiger partial charge < -0.3 is 5.11 Å². The second-order valence-corrected chi connectivity index (χ2v) is 3.34. The van der Waals surface area contributed by atoms with Gasteiger partial charge in [-0.1, -0.05) is 0 Å². The molecule has 0 aliphatic heterocycles. The van der Waals surface area contributed by atoms with E-state index in [0.29, 0.717) is 5.56 Å². The predicted molar refractivity (Wildman–Crippen MR) is 45.1 cm³/mol. The lowest BCUT2D eigenvalue weighted by Gasteiger charge is -1.92. The Morgan fingerprint density at radius 3 is 2.92 bits per heavy atom. The molecule has 0 fully saturated rings. The predicted octanol–water partition coefficient (Wildman–Crippen LogP) is 1.56. The molecule has 0 atom stereocenters. The number of carboxylic acids is 1. The zero-order chi connectivity index (χ0) is 9.14. The molecule has 0 radical (unpaired) electrons. The molecule has 0 bridgehead atoms. The Balaban J connectivity index is 2.96. The molecular formula is C8H7NO2S. The highest BCUT2D eigenvalue weighted by atomic mass is 32.1. The van der Waals surface area contributed by atoms with Gasteiger partial charge in [0.05, 0.1) is 12.0 Å². The first-order valence-corrected chi connectivity index (χ1v) is 4.22. The zero-order valence-corrected chi connectivity index (χ0v) is 7.31. The summed E-state index contributed by atoms with van der Waals surface area (Å²) in [4.78, 5) is 11.1. The van der Waals surface area contributed by atoms with E-state index < -0.39 is 5.97 Å². The van der Waals surface area contributed by atoms with Gasteiger partial charge in [0.1, 0.15) is 6.07 Å². The van der Waals surface area contributed by atoms with Crippen molar-refractivity contribution in [2.75, 3.05) is 0 Å². The SMILES string of the molecule is Cc1c(C#N)csc1CC(=O)O. The van der Waals surface area contributed by atoms with Crippen molar-refractivity contribution in [3.05, 3.63) is 21.4 Å². The molecule has 1 heterocycles. The lowest BCUT2D eigenvalue weighted by molar-refractivity contribution is -0.136. The van der Waals surface area contributed by atoms with Crippen LogP contribution in [0, 0.1) is 18.3 Å². The van der Waals surface area contributed by atoms with Crippen LogP contribution in [0.25, 0.3) is 0 Å². The molecule has 0 spiro atoms. The van der Waals surface area contributed by atoms with E-state index in [9.17, 15) is 4.79 Å². The van der Waals surface area contributed by atoms with Crippen LogP contribution < -0.4 is 0 Å². The fourth-order valence-electron chi connectivity index (χ4n) is 0.879. The Bertz CT molecular complexity index is 348. The number of carbonyl (C=O) groups is 1. The van der Waals surface area contributed by atoms with Crippen LogP contribution in [0.4, 0.5) is 0 Å². The molecule has 4 heteroatoms. The van der Waals surface area contributed by atoms with E-state index in [2.05, 4.69) is 0 Å². The minimum atomic E-state index is -0.857. The number of nitriles is 1. The number of hydrogen-bond acceptors (Lipinski definition) is 3. The van der Waals surface area contributed by atoms with Crippen LogP contribution in [-0.2, 0) is 11.2 Å². The van der Waals surface area contributed by atoms with E-state index in [4.69, 9.17) is 10.4 Å². The summed E-state index contributed by atoms with van der Waals surface area (Å²) in [6, 6.07) is 2.01. The van der Waals surface area contributed by atoms with Crippen LogP contribution in [0.5, 0.6) is 0 Å². The third-order valence-electron chi connectivity index (χ3n) is 1.57. The number of nitrogens with zero attached hydrogens (tertiary/aromatic N) is 1. The van der Waals surface area contributed by atoms with E-state index in [1.807, 2.05) is 6.07 Å². The van der Waals surface area contributed by atoms with Gasteiger partial charge in [-0.25, -0.2) is 0 Å². The molecule has 3 nitrogen and oxygen atoms in total. The molecule has 62 valence electrons. The molecule has 0 saturated carbocycles. The summed E-state index contributed by atoms with van der Waals surface area (Å²) in [5, 5.41) is 18.8. The summed E-state index contributed by atoms with van der Waals surface area (Å²) in [5.41, 5.74) is 1.38. The van der Waals surface area contributed by atoms with Gasteiger partial charge in [0.15, 0.2) is 0 Å². The first-order chi connectivity index (χ1) is 5.65. The standard InChI is InChI=1S/C8H7NO2S/c1-5-6(3-9)4-12-7(5)2-8(10)11/h4H,2H2,1H3,(H,10,11). The Labute approximate surface area is 73.9 Å². The van der Waals surface area contributed by atoms with Gasteiger partial charge in [-0.15, -0.1) is 11.3 Å². The van der Waals surface area contributed by atoms with Crippen LogP contribution in [-0.4, -0.2) is 11.1 Å². The minimum Gasteiger partial charge on any atom is -0.481 e. The van der Waals surface area contributed by atoms with Crippen molar-refractivity contribution < 1.29 is 9.90 Å². The summed E-state index contributed by atoms with van der Waals surface area (Å²) >= 11 is 1.33. The van der Waals surface area contributed by atoms with Gasteiger partial charge >= 0.3 is 5.97 Å². The lowest BCUT2D eigenvalue weighted by Crippen LogP contribution is -1.99. The summed E-state index contributed by atoms with van der Waals surface area (Å²) < 4.78 is 0. The van der Waals surface area contributed by atoms with Crippen LogP contribution in [0.2, 0.25) is 0 Å². The van der Waals surface area contributed by atoms with Crippen molar-refractivity contribution >= 4 is 17.3 Å². The Morgan fingerprint density at radius 1 is 1.83 bits per heavy atom. The van der Waals surface area contributed by atoms with Crippen LogP contribution in [0.3, 0.4) is 0 Å². The second-order valence-electron chi connectivity index (χ2n) is 2.38. The zero-order valence-electron chi connectivity index (χ0n) is 6.50. The molecular weight excluding hydrogens is 174 g/mol. The average molecular weight is 181 g/mol. The molecule has 12 heavy (non-hydrogen) atoms. The van der Waals surface area contributed by atoms with Crippen LogP contribution in [0.1, 0.15) is 16.0 Å². The summed E-state index contributed by atoms with van der Waals surface area (Å²) in [6.07, 6.45) is 0.0121. The Kier molecular flexibility index (Phi) is 2.46. The molecule has 1 rings (SSSR count). The van der Waals surface area contributed by atoms with Crippen LogP contribution in [0.15, 0.2) is 5.38 Å². The highest BCUT2D eigenvalue weighted by Gasteiger charge is 2.09. The smallest absolute Gasteiger partial charge is 0.308 e. The highest BCUT2D eigenvalue weighted by molar-refractivity contribution is 7.10. The lowest BCUT2D eigenvalue weighted by atomic mass is 10.1. The quantitative estimate of drug-likeness (QED) is 0.753. The fraction of sp³-hybridized carbons (Fsp3) is 0.250. The average Bonchev–Trinajstić information content (AvgIpc) is 2.32. The number of rotatable bonds is 2. The van der Waals surface area contributed by atoms with E-state index in [1.165, 1.54) is 11.3 Å². The first kappa shape index (κ1) is 8.75. The van der Waals surface area contributed by atoms with Gasteiger partial charge in [0.25, 0.3) is 0 Å². The Morgan fingerprint density at radius 2 is 2.50 bits per heavy atom. The van der Waals surface area contributed by atoms with Gasteiger partial charge in [0.2, 0.25) is 0 Å². The molecule has 0 aromatic carbocycles. The van der Waals surface area contributed by atoms with Crippen molar-refractivity contribution in [2.45, 2.75) is 13.3 Å². The van der Waals surface area contributed by atoms with Crippen molar-refractivity contribution in [1.82, 2.24) is 0 Å². The summed E-state index contributed by atoms with van der Waals surface area (Å²) in [5.74, 6) is -0.857.